The maximum atomic E-state index is 12.3. The lowest BCUT2D eigenvalue weighted by Crippen LogP contribution is -2.28. The maximum Gasteiger partial charge on any atom is 0.329 e. The van der Waals surface area contributed by atoms with Gasteiger partial charge in [0.2, 0.25) is 5.91 Å². The van der Waals surface area contributed by atoms with Crippen LogP contribution in [-0.4, -0.2) is 50.5 Å². The highest BCUT2D eigenvalue weighted by Gasteiger charge is 2.13. The van der Waals surface area contributed by atoms with Gasteiger partial charge in [-0.2, -0.15) is 0 Å². The minimum absolute atomic E-state index is 0.0419. The van der Waals surface area contributed by atoms with Crippen LogP contribution in [0.5, 0.6) is 5.75 Å². The van der Waals surface area contributed by atoms with Crippen molar-refractivity contribution in [2.45, 2.75) is 19.3 Å². The number of hydrogen-bond acceptors (Lipinski definition) is 5. The number of rotatable bonds is 8. The molecule has 3 aromatic rings. The zero-order chi connectivity index (χ0) is 21.0. The molecule has 0 radical (unpaired) electrons. The van der Waals surface area contributed by atoms with E-state index >= 15 is 0 Å². The highest BCUT2D eigenvalue weighted by atomic mass is 35.5. The Kier molecular flexibility index (Phi) is 6.38. The number of nitrogens with zero attached hydrogens (tertiary/aromatic N) is 3. The Morgan fingerprint density at radius 2 is 1.97 bits per heavy atom. The SMILES string of the molecule is CN(CCCOc1ccc(Cl)cc1)C(=O)CCc1nc2c([nH]1)c(=O)[nH]c(=O)n2C. The van der Waals surface area contributed by atoms with Crippen LogP contribution in [0.3, 0.4) is 0 Å². The molecule has 0 atom stereocenters. The summed E-state index contributed by atoms with van der Waals surface area (Å²) in [5.74, 6) is 1.18. The quantitative estimate of drug-likeness (QED) is 0.537. The van der Waals surface area contributed by atoms with Crippen LogP contribution in [0.4, 0.5) is 0 Å². The number of benzene rings is 1. The van der Waals surface area contributed by atoms with Crippen LogP contribution in [0.1, 0.15) is 18.7 Å². The fraction of sp³-hybridized carbons (Fsp3) is 0.368. The number of H-pyrrole nitrogens is 2. The molecule has 0 fully saturated rings. The molecule has 154 valence electrons. The molecule has 0 spiro atoms. The van der Waals surface area contributed by atoms with Crippen LogP contribution in [0.2, 0.25) is 5.02 Å². The average Bonchev–Trinajstić information content (AvgIpc) is 3.14. The van der Waals surface area contributed by atoms with Crippen LogP contribution >= 0.6 is 11.6 Å². The molecule has 0 aliphatic rings. The van der Waals surface area contributed by atoms with E-state index in [-0.39, 0.29) is 23.5 Å². The number of aryl methyl sites for hydroxylation is 2. The zero-order valence-corrected chi connectivity index (χ0v) is 17.0. The second-order valence-corrected chi connectivity index (χ2v) is 7.11. The number of carbonyl (C=O) groups is 1. The number of hydrogen-bond donors (Lipinski definition) is 2. The van der Waals surface area contributed by atoms with Gasteiger partial charge in [0, 0.05) is 38.5 Å². The van der Waals surface area contributed by atoms with Crippen molar-refractivity contribution < 1.29 is 9.53 Å². The third-order valence-electron chi connectivity index (χ3n) is 4.53. The third-order valence-corrected chi connectivity index (χ3v) is 4.78. The van der Waals surface area contributed by atoms with Gasteiger partial charge in [-0.25, -0.2) is 9.78 Å². The van der Waals surface area contributed by atoms with Gasteiger partial charge in [-0.3, -0.25) is 19.1 Å². The largest absolute Gasteiger partial charge is 0.494 e. The molecule has 1 aromatic carbocycles. The van der Waals surface area contributed by atoms with Gasteiger partial charge in [-0.15, -0.1) is 0 Å². The van der Waals surface area contributed by atoms with E-state index in [1.165, 1.54) is 11.6 Å². The number of amides is 1. The van der Waals surface area contributed by atoms with E-state index in [1.54, 1.807) is 36.2 Å². The normalized spacial score (nSPS) is 11.0. The van der Waals surface area contributed by atoms with Gasteiger partial charge in [0.05, 0.1) is 6.61 Å². The minimum Gasteiger partial charge on any atom is -0.494 e. The van der Waals surface area contributed by atoms with Crippen molar-refractivity contribution in [1.29, 1.82) is 0 Å². The lowest BCUT2D eigenvalue weighted by atomic mass is 10.2. The molecule has 29 heavy (non-hydrogen) atoms. The molecule has 0 unspecified atom stereocenters. The summed E-state index contributed by atoms with van der Waals surface area (Å²) in [6, 6.07) is 7.11. The van der Waals surface area contributed by atoms with E-state index in [1.807, 2.05) is 0 Å². The first-order valence-electron chi connectivity index (χ1n) is 9.15. The van der Waals surface area contributed by atoms with Gasteiger partial charge in [0.1, 0.15) is 17.1 Å². The van der Waals surface area contributed by atoms with Gasteiger partial charge in [0.25, 0.3) is 5.56 Å². The Bertz CT molecular complexity index is 1120. The predicted molar refractivity (Wildman–Crippen MR) is 109 cm³/mol. The molecular weight excluding hydrogens is 398 g/mol. The number of carbonyl (C=O) groups excluding carboxylic acids is 1. The monoisotopic (exact) mass is 419 g/mol. The first kappa shape index (κ1) is 20.7. The first-order valence-corrected chi connectivity index (χ1v) is 9.53. The second kappa shape index (κ2) is 8.95. The number of fused-ring (bicyclic) bond motifs is 1. The summed E-state index contributed by atoms with van der Waals surface area (Å²) >= 11 is 5.83. The van der Waals surface area contributed by atoms with Gasteiger partial charge in [-0.1, -0.05) is 11.6 Å². The molecule has 0 saturated heterocycles. The molecule has 3 rings (SSSR count). The molecule has 2 aromatic heterocycles. The highest BCUT2D eigenvalue weighted by molar-refractivity contribution is 6.30. The summed E-state index contributed by atoms with van der Waals surface area (Å²) in [4.78, 5) is 46.8. The lowest BCUT2D eigenvalue weighted by molar-refractivity contribution is -0.130. The van der Waals surface area contributed by atoms with Crippen molar-refractivity contribution in [3.8, 4) is 5.75 Å². The van der Waals surface area contributed by atoms with Gasteiger partial charge in [-0.05, 0) is 30.7 Å². The fourth-order valence-electron chi connectivity index (χ4n) is 2.83. The number of ether oxygens (including phenoxy) is 1. The summed E-state index contributed by atoms with van der Waals surface area (Å²) in [6.45, 7) is 1.04. The molecule has 0 aliphatic carbocycles. The summed E-state index contributed by atoms with van der Waals surface area (Å²) in [5, 5.41) is 0.652. The molecule has 1 amide bonds. The number of aromatic nitrogens is 4. The number of nitrogens with one attached hydrogen (secondary N) is 2. The summed E-state index contributed by atoms with van der Waals surface area (Å²) in [7, 11) is 3.26. The van der Waals surface area contributed by atoms with E-state index < -0.39 is 11.2 Å². The summed E-state index contributed by atoms with van der Waals surface area (Å²) < 4.78 is 6.87. The van der Waals surface area contributed by atoms with Gasteiger partial charge < -0.3 is 14.6 Å². The molecule has 2 N–H and O–H groups in total. The van der Waals surface area contributed by atoms with Crippen molar-refractivity contribution in [3.63, 3.8) is 0 Å². The number of imidazole rings is 1. The molecular formula is C19H22ClN5O4. The summed E-state index contributed by atoms with van der Waals surface area (Å²) in [5.41, 5.74) is -0.556. The Labute approximate surface area is 171 Å². The predicted octanol–water partition coefficient (Wildman–Crippen LogP) is 1.46. The molecule has 10 heteroatoms. The summed E-state index contributed by atoms with van der Waals surface area (Å²) in [6.07, 6.45) is 1.26. The smallest absolute Gasteiger partial charge is 0.329 e. The Morgan fingerprint density at radius 3 is 2.69 bits per heavy atom. The lowest BCUT2D eigenvalue weighted by Gasteiger charge is -2.17. The zero-order valence-electron chi connectivity index (χ0n) is 16.2. The van der Waals surface area contributed by atoms with Crippen molar-refractivity contribution in [2.75, 3.05) is 20.2 Å². The molecule has 0 aliphatic heterocycles. The van der Waals surface area contributed by atoms with Gasteiger partial charge in [0.15, 0.2) is 5.65 Å². The van der Waals surface area contributed by atoms with Crippen LogP contribution < -0.4 is 16.0 Å². The van der Waals surface area contributed by atoms with Gasteiger partial charge >= 0.3 is 5.69 Å². The van der Waals surface area contributed by atoms with E-state index in [0.717, 1.165) is 5.75 Å². The molecule has 0 bridgehead atoms. The van der Waals surface area contributed by atoms with Crippen molar-refractivity contribution in [2.24, 2.45) is 7.05 Å². The van der Waals surface area contributed by atoms with Crippen LogP contribution in [-0.2, 0) is 18.3 Å². The van der Waals surface area contributed by atoms with Crippen molar-refractivity contribution in [3.05, 3.63) is 56.0 Å². The van der Waals surface area contributed by atoms with Crippen LogP contribution in [0.25, 0.3) is 11.2 Å². The molecule has 0 saturated carbocycles. The topological polar surface area (TPSA) is 113 Å². The highest BCUT2D eigenvalue weighted by Crippen LogP contribution is 2.15. The molecule has 2 heterocycles. The standard InChI is InChI=1S/C19H22ClN5O4/c1-24(10-3-11-29-13-6-4-12(20)5-7-13)15(26)9-8-14-21-16-17(22-14)25(2)19(28)23-18(16)27/h4-7H,3,8-11H2,1-2H3,(H,21,22)(H,23,27,28). The molecule has 9 nitrogen and oxygen atoms in total. The Balaban J connectivity index is 1.47. The third kappa shape index (κ3) is 5.05. The van der Waals surface area contributed by atoms with Crippen LogP contribution in [0, 0.1) is 0 Å². The maximum absolute atomic E-state index is 12.3. The van der Waals surface area contributed by atoms with E-state index in [0.29, 0.717) is 36.8 Å². The minimum atomic E-state index is -0.530. The van der Waals surface area contributed by atoms with E-state index in [2.05, 4.69) is 15.0 Å². The first-order chi connectivity index (χ1) is 13.8. The van der Waals surface area contributed by atoms with E-state index in [4.69, 9.17) is 16.3 Å². The average molecular weight is 420 g/mol. The Hall–Kier alpha value is -3.07. The number of halogens is 1. The number of aromatic amines is 2. The Morgan fingerprint density at radius 1 is 1.24 bits per heavy atom. The van der Waals surface area contributed by atoms with E-state index in [9.17, 15) is 14.4 Å². The van der Waals surface area contributed by atoms with Crippen molar-refractivity contribution >= 4 is 28.7 Å². The van der Waals surface area contributed by atoms with Crippen molar-refractivity contribution in [1.82, 2.24) is 24.4 Å². The second-order valence-electron chi connectivity index (χ2n) is 6.67. The van der Waals surface area contributed by atoms with Crippen LogP contribution in [0.15, 0.2) is 33.9 Å². The fourth-order valence-corrected chi connectivity index (χ4v) is 2.96.